The van der Waals surface area contributed by atoms with Crippen LogP contribution in [0.5, 0.6) is 0 Å². The van der Waals surface area contributed by atoms with E-state index in [2.05, 4.69) is 13.8 Å². The molecule has 0 radical (unpaired) electrons. The first-order chi connectivity index (χ1) is 4.22. The molecule has 2 heteroatoms. The van der Waals surface area contributed by atoms with E-state index in [1.807, 2.05) is 6.08 Å². The van der Waals surface area contributed by atoms with Crippen molar-refractivity contribution < 1.29 is 0 Å². The van der Waals surface area contributed by atoms with Crippen molar-refractivity contribution in [1.82, 2.24) is 0 Å². The summed E-state index contributed by atoms with van der Waals surface area (Å²) in [5.41, 5.74) is 11.5. The molecular weight excluding hydrogens is 112 g/mol. The van der Waals surface area contributed by atoms with Gasteiger partial charge in [0, 0.05) is 0 Å². The lowest BCUT2D eigenvalue weighted by atomic mass is 10.1. The van der Waals surface area contributed by atoms with Gasteiger partial charge in [-0.05, 0) is 30.0 Å². The van der Waals surface area contributed by atoms with Crippen LogP contribution in [0, 0.1) is 5.92 Å². The maximum atomic E-state index is 5.29. The summed E-state index contributed by atoms with van der Waals surface area (Å²) in [4.78, 5) is 0. The smallest absolute Gasteiger partial charge is 0.00265 e. The first-order valence-corrected chi connectivity index (χ1v) is 3.02. The first-order valence-electron chi connectivity index (χ1n) is 3.02. The van der Waals surface area contributed by atoms with Gasteiger partial charge in [-0.15, -0.1) is 0 Å². The van der Waals surface area contributed by atoms with E-state index >= 15 is 0 Å². The largest absolute Gasteiger partial charge is 0.405 e. The number of hydrogen-bond donors (Lipinski definition) is 2. The van der Waals surface area contributed by atoms with Gasteiger partial charge in [0.05, 0.1) is 0 Å². The molecule has 0 aromatic rings. The molecule has 0 saturated heterocycles. The van der Waals surface area contributed by atoms with Gasteiger partial charge in [-0.1, -0.05) is 13.8 Å². The van der Waals surface area contributed by atoms with Crippen LogP contribution in [0.2, 0.25) is 0 Å². The number of allylic oxidation sites excluding steroid dienone is 2. The van der Waals surface area contributed by atoms with Crippen molar-refractivity contribution in [3.8, 4) is 0 Å². The van der Waals surface area contributed by atoms with Crippen LogP contribution in [0.1, 0.15) is 13.8 Å². The Morgan fingerprint density at radius 2 is 1.89 bits per heavy atom. The summed E-state index contributed by atoms with van der Waals surface area (Å²) < 4.78 is 0. The quantitative estimate of drug-likeness (QED) is 0.541. The average Bonchev–Trinajstić information content (AvgIpc) is 1.82. The Morgan fingerprint density at radius 1 is 1.33 bits per heavy atom. The number of nitrogens with two attached hydrogens (primary N) is 2. The van der Waals surface area contributed by atoms with E-state index in [4.69, 9.17) is 11.5 Å². The molecule has 0 heterocycles. The molecule has 0 aromatic heterocycles. The van der Waals surface area contributed by atoms with Gasteiger partial charge < -0.3 is 11.5 Å². The van der Waals surface area contributed by atoms with Gasteiger partial charge in [0.2, 0.25) is 0 Å². The summed E-state index contributed by atoms with van der Waals surface area (Å²) in [6.45, 7) is 4.14. The lowest BCUT2D eigenvalue weighted by molar-refractivity contribution is 0.788. The molecule has 0 spiro atoms. The highest BCUT2D eigenvalue weighted by Gasteiger charge is 1.95. The van der Waals surface area contributed by atoms with Crippen LogP contribution in [-0.4, -0.2) is 0 Å². The van der Waals surface area contributed by atoms with Crippen molar-refractivity contribution >= 4 is 0 Å². The highest BCUT2D eigenvalue weighted by molar-refractivity contribution is 5.18. The van der Waals surface area contributed by atoms with Gasteiger partial charge in [0.15, 0.2) is 0 Å². The average molecular weight is 126 g/mol. The zero-order valence-electron chi connectivity index (χ0n) is 5.96. The van der Waals surface area contributed by atoms with Crippen LogP contribution >= 0.6 is 0 Å². The Labute approximate surface area is 56.2 Å². The molecular formula is C7H14N2. The van der Waals surface area contributed by atoms with E-state index in [9.17, 15) is 0 Å². The molecule has 0 amide bonds. The maximum absolute atomic E-state index is 5.29. The summed E-state index contributed by atoms with van der Waals surface area (Å²) in [6, 6.07) is 0. The monoisotopic (exact) mass is 126 g/mol. The first kappa shape index (κ1) is 8.08. The fourth-order valence-corrected chi connectivity index (χ4v) is 0.552. The second-order valence-electron chi connectivity index (χ2n) is 2.18. The minimum Gasteiger partial charge on any atom is -0.405 e. The minimum absolute atomic E-state index is 0.454. The third-order valence-electron chi connectivity index (χ3n) is 1.15. The standard InChI is InChI=1S/C7H14N2/c1-6(2)7(5-9)3-4-8/h3-6H,8-9H2,1-2H3/b4-3-,7-5?. The molecule has 0 rings (SSSR count). The van der Waals surface area contributed by atoms with Crippen molar-refractivity contribution in [2.75, 3.05) is 0 Å². The second-order valence-corrected chi connectivity index (χ2v) is 2.18. The van der Waals surface area contributed by atoms with E-state index in [0.29, 0.717) is 5.92 Å². The molecule has 0 aliphatic carbocycles. The normalized spacial score (nSPS) is 13.4. The molecule has 0 saturated carbocycles. The van der Waals surface area contributed by atoms with Gasteiger partial charge in [0.1, 0.15) is 0 Å². The summed E-state index contributed by atoms with van der Waals surface area (Å²) >= 11 is 0. The van der Waals surface area contributed by atoms with Gasteiger partial charge >= 0.3 is 0 Å². The SMILES string of the molecule is CC(C)C(=CN)/C=C\N. The highest BCUT2D eigenvalue weighted by Crippen LogP contribution is 2.07. The van der Waals surface area contributed by atoms with Gasteiger partial charge in [-0.25, -0.2) is 0 Å². The molecule has 0 atom stereocenters. The number of hydrogen-bond acceptors (Lipinski definition) is 2. The van der Waals surface area contributed by atoms with E-state index in [-0.39, 0.29) is 0 Å². The lowest BCUT2D eigenvalue weighted by Crippen LogP contribution is -1.95. The molecule has 52 valence electrons. The number of rotatable bonds is 2. The molecule has 2 nitrogen and oxygen atoms in total. The molecule has 0 aromatic carbocycles. The van der Waals surface area contributed by atoms with Crippen molar-refractivity contribution in [1.29, 1.82) is 0 Å². The zero-order chi connectivity index (χ0) is 7.28. The Kier molecular flexibility index (Phi) is 3.60. The van der Waals surface area contributed by atoms with E-state index in [0.717, 1.165) is 5.57 Å². The van der Waals surface area contributed by atoms with Gasteiger partial charge in [-0.2, -0.15) is 0 Å². The van der Waals surface area contributed by atoms with Gasteiger partial charge in [0.25, 0.3) is 0 Å². The molecule has 0 aliphatic heterocycles. The summed E-state index contributed by atoms with van der Waals surface area (Å²) in [5, 5.41) is 0. The maximum Gasteiger partial charge on any atom is -0.00265 e. The molecule has 0 fully saturated rings. The van der Waals surface area contributed by atoms with Crippen LogP contribution in [0.3, 0.4) is 0 Å². The predicted octanol–water partition coefficient (Wildman–Crippen LogP) is 0.957. The van der Waals surface area contributed by atoms with Gasteiger partial charge in [-0.3, -0.25) is 0 Å². The van der Waals surface area contributed by atoms with Crippen LogP contribution in [0.4, 0.5) is 0 Å². The summed E-state index contributed by atoms with van der Waals surface area (Å²) in [6.07, 6.45) is 4.89. The second kappa shape index (κ2) is 4.01. The molecule has 0 unspecified atom stereocenters. The predicted molar refractivity (Wildman–Crippen MR) is 40.4 cm³/mol. The fourth-order valence-electron chi connectivity index (χ4n) is 0.552. The third-order valence-corrected chi connectivity index (χ3v) is 1.15. The van der Waals surface area contributed by atoms with Crippen molar-refractivity contribution in [3.63, 3.8) is 0 Å². The highest BCUT2D eigenvalue weighted by atomic mass is 14.5. The van der Waals surface area contributed by atoms with Crippen LogP contribution in [0.15, 0.2) is 24.0 Å². The van der Waals surface area contributed by atoms with Crippen molar-refractivity contribution in [2.24, 2.45) is 17.4 Å². The lowest BCUT2D eigenvalue weighted by Gasteiger charge is -2.02. The van der Waals surface area contributed by atoms with Crippen molar-refractivity contribution in [2.45, 2.75) is 13.8 Å². The van der Waals surface area contributed by atoms with Crippen LogP contribution < -0.4 is 11.5 Å². The Bertz CT molecular complexity index is 123. The zero-order valence-corrected chi connectivity index (χ0v) is 5.96. The van der Waals surface area contributed by atoms with E-state index in [1.165, 1.54) is 6.20 Å². The molecule has 9 heavy (non-hydrogen) atoms. The van der Waals surface area contributed by atoms with Crippen LogP contribution in [0.25, 0.3) is 0 Å². The van der Waals surface area contributed by atoms with Crippen molar-refractivity contribution in [3.05, 3.63) is 24.0 Å². The van der Waals surface area contributed by atoms with E-state index in [1.54, 1.807) is 6.20 Å². The molecule has 0 bridgehead atoms. The fraction of sp³-hybridized carbons (Fsp3) is 0.429. The van der Waals surface area contributed by atoms with E-state index < -0.39 is 0 Å². The summed E-state index contributed by atoms with van der Waals surface area (Å²) in [7, 11) is 0. The minimum atomic E-state index is 0.454. The third kappa shape index (κ3) is 2.80. The molecule has 0 aliphatic rings. The molecule has 4 N–H and O–H groups in total. The topological polar surface area (TPSA) is 52.0 Å². The van der Waals surface area contributed by atoms with Crippen LogP contribution in [-0.2, 0) is 0 Å². The Morgan fingerprint density at radius 3 is 2.00 bits per heavy atom. The Hall–Kier alpha value is -0.920. The Balaban J connectivity index is 4.01. The summed E-state index contributed by atoms with van der Waals surface area (Å²) in [5.74, 6) is 0.454.